The van der Waals surface area contributed by atoms with Crippen molar-refractivity contribution in [1.82, 2.24) is 3.53 Å². The van der Waals surface area contributed by atoms with Gasteiger partial charge in [0.1, 0.15) is 0 Å². The van der Waals surface area contributed by atoms with Crippen LogP contribution in [0.3, 0.4) is 0 Å². The summed E-state index contributed by atoms with van der Waals surface area (Å²) in [4.78, 5) is 0. The molecule has 0 spiro atoms. The summed E-state index contributed by atoms with van der Waals surface area (Å²) < 4.78 is 8.06. The lowest BCUT2D eigenvalue weighted by Gasteiger charge is -2.25. The van der Waals surface area contributed by atoms with Gasteiger partial charge in [-0.05, 0) is 6.42 Å². The van der Waals surface area contributed by atoms with Gasteiger partial charge in [-0.2, -0.15) is 0 Å². The first-order valence-electron chi connectivity index (χ1n) is 2.96. The molecular weight excluding hydrogens is 233 g/mol. The highest BCUT2D eigenvalue weighted by molar-refractivity contribution is 14.1. The van der Waals surface area contributed by atoms with Crippen molar-refractivity contribution in [2.45, 2.75) is 18.6 Å². The van der Waals surface area contributed by atoms with Crippen LogP contribution >= 0.6 is 22.9 Å². The van der Waals surface area contributed by atoms with Crippen molar-refractivity contribution in [1.29, 1.82) is 0 Å². The molecule has 1 fully saturated rings. The van der Waals surface area contributed by atoms with Gasteiger partial charge >= 0.3 is 0 Å². The van der Waals surface area contributed by atoms with Gasteiger partial charge in [-0.3, -0.25) is 3.53 Å². The smallest absolute Gasteiger partial charge is 0.0745 e. The quantitative estimate of drug-likeness (QED) is 0.506. The Morgan fingerprint density at radius 1 is 1.67 bits per heavy atom. The number of aliphatic hydroxyl groups is 1. The van der Waals surface area contributed by atoms with E-state index in [1.54, 1.807) is 0 Å². The van der Waals surface area contributed by atoms with E-state index >= 15 is 0 Å². The third kappa shape index (κ3) is 2.03. The van der Waals surface area contributed by atoms with Crippen LogP contribution in [0.15, 0.2) is 0 Å². The number of halogens is 1. The van der Waals surface area contributed by atoms with Crippen LogP contribution in [0, 0.1) is 0 Å². The zero-order valence-electron chi connectivity index (χ0n) is 5.01. The largest absolute Gasteiger partial charge is 0.391 e. The van der Waals surface area contributed by atoms with Gasteiger partial charge in [0, 0.05) is 29.5 Å². The molecule has 2 unspecified atom stereocenters. The van der Waals surface area contributed by atoms with Crippen LogP contribution in [0.25, 0.3) is 0 Å². The van der Waals surface area contributed by atoms with Crippen molar-refractivity contribution in [2.24, 2.45) is 0 Å². The predicted molar refractivity (Wildman–Crippen MR) is 42.4 cm³/mol. The second-order valence-electron chi connectivity index (χ2n) is 2.15. The number of nitrogens with one attached hydrogen (secondary N) is 1. The Morgan fingerprint density at radius 3 is 2.89 bits per heavy atom. The fraction of sp³-hybridized carbons (Fsp3) is 1.00. The molecule has 1 heterocycles. The number of aliphatic hydroxyl groups excluding tert-OH is 1. The molecular formula is C5H10INO2. The van der Waals surface area contributed by atoms with E-state index in [2.05, 4.69) is 3.53 Å². The van der Waals surface area contributed by atoms with Crippen molar-refractivity contribution in [2.75, 3.05) is 13.2 Å². The van der Waals surface area contributed by atoms with E-state index < -0.39 is 0 Å². The predicted octanol–water partition coefficient (Wildman–Crippen LogP) is 0.0758. The van der Waals surface area contributed by atoms with Crippen molar-refractivity contribution >= 4 is 22.9 Å². The average Bonchev–Trinajstić information content (AvgIpc) is 1.89. The summed E-state index contributed by atoms with van der Waals surface area (Å²) in [5.74, 6) is 0. The summed E-state index contributed by atoms with van der Waals surface area (Å²) in [5.41, 5.74) is 0. The molecule has 2 atom stereocenters. The molecule has 54 valence electrons. The van der Waals surface area contributed by atoms with Crippen molar-refractivity contribution in [3.63, 3.8) is 0 Å². The first kappa shape index (κ1) is 7.71. The van der Waals surface area contributed by atoms with Gasteiger partial charge in [0.05, 0.1) is 18.8 Å². The Bertz CT molecular complexity index is 91.0. The first-order valence-corrected chi connectivity index (χ1v) is 4.04. The summed E-state index contributed by atoms with van der Waals surface area (Å²) in [5, 5.41) is 9.22. The lowest BCUT2D eigenvalue weighted by atomic mass is 10.1. The molecule has 0 bridgehead atoms. The number of hydrogen-bond donors (Lipinski definition) is 2. The molecule has 0 aliphatic carbocycles. The highest BCUT2D eigenvalue weighted by Gasteiger charge is 2.21. The van der Waals surface area contributed by atoms with E-state index in [0.29, 0.717) is 13.2 Å². The van der Waals surface area contributed by atoms with Gasteiger partial charge in [-0.1, -0.05) is 0 Å². The Hall–Kier alpha value is 0.610. The fourth-order valence-corrected chi connectivity index (χ4v) is 1.43. The standard InChI is InChI=1S/C5H10INO2/c6-7-4-3-9-2-1-5(4)8/h4-5,7-8H,1-3H2. The Kier molecular flexibility index (Phi) is 3.17. The highest BCUT2D eigenvalue weighted by atomic mass is 127. The van der Waals surface area contributed by atoms with Crippen LogP contribution < -0.4 is 3.53 Å². The van der Waals surface area contributed by atoms with Crippen molar-refractivity contribution in [3.8, 4) is 0 Å². The molecule has 0 amide bonds. The van der Waals surface area contributed by atoms with E-state index in [1.807, 2.05) is 22.9 Å². The Morgan fingerprint density at radius 2 is 2.44 bits per heavy atom. The third-order valence-corrected chi connectivity index (χ3v) is 2.26. The van der Waals surface area contributed by atoms with Gasteiger partial charge in [0.25, 0.3) is 0 Å². The number of hydrogen-bond acceptors (Lipinski definition) is 3. The molecule has 2 N–H and O–H groups in total. The van der Waals surface area contributed by atoms with Gasteiger partial charge in [0.15, 0.2) is 0 Å². The van der Waals surface area contributed by atoms with E-state index in [9.17, 15) is 5.11 Å². The van der Waals surface area contributed by atoms with Crippen LogP contribution in [-0.2, 0) is 4.74 Å². The van der Waals surface area contributed by atoms with Gasteiger partial charge < -0.3 is 9.84 Å². The van der Waals surface area contributed by atoms with Crippen molar-refractivity contribution in [3.05, 3.63) is 0 Å². The molecule has 9 heavy (non-hydrogen) atoms. The van der Waals surface area contributed by atoms with E-state index in [4.69, 9.17) is 4.74 Å². The maximum Gasteiger partial charge on any atom is 0.0745 e. The minimum Gasteiger partial charge on any atom is -0.391 e. The van der Waals surface area contributed by atoms with Gasteiger partial charge in [-0.25, -0.2) is 0 Å². The zero-order valence-corrected chi connectivity index (χ0v) is 7.17. The van der Waals surface area contributed by atoms with Crippen LogP contribution in [-0.4, -0.2) is 30.5 Å². The molecule has 3 nitrogen and oxygen atoms in total. The molecule has 0 aromatic rings. The molecule has 0 aromatic heterocycles. The second kappa shape index (κ2) is 3.70. The normalized spacial score (nSPS) is 36.7. The first-order chi connectivity index (χ1) is 4.34. The molecule has 1 rings (SSSR count). The topological polar surface area (TPSA) is 41.5 Å². The van der Waals surface area contributed by atoms with Crippen molar-refractivity contribution < 1.29 is 9.84 Å². The molecule has 1 aliphatic rings. The zero-order chi connectivity index (χ0) is 6.69. The monoisotopic (exact) mass is 243 g/mol. The molecule has 1 saturated heterocycles. The van der Waals surface area contributed by atoms with Crippen LogP contribution in [0.2, 0.25) is 0 Å². The van der Waals surface area contributed by atoms with E-state index in [0.717, 1.165) is 6.42 Å². The summed E-state index contributed by atoms with van der Waals surface area (Å²) in [6.07, 6.45) is 0.524. The third-order valence-electron chi connectivity index (χ3n) is 1.46. The molecule has 0 aromatic carbocycles. The molecule has 0 saturated carbocycles. The molecule has 1 aliphatic heterocycles. The maximum absolute atomic E-state index is 9.22. The Labute approximate surface area is 68.3 Å². The summed E-state index contributed by atoms with van der Waals surface area (Å²) >= 11 is 2.03. The van der Waals surface area contributed by atoms with E-state index in [-0.39, 0.29) is 12.1 Å². The maximum atomic E-state index is 9.22. The SMILES string of the molecule is OC1CCOCC1NI. The van der Waals surface area contributed by atoms with Crippen LogP contribution in [0.4, 0.5) is 0 Å². The summed E-state index contributed by atoms with van der Waals surface area (Å²) in [6.45, 7) is 1.32. The van der Waals surface area contributed by atoms with E-state index in [1.165, 1.54) is 0 Å². The second-order valence-corrected chi connectivity index (χ2v) is 2.77. The number of ether oxygens (including phenoxy) is 1. The molecule has 4 heteroatoms. The van der Waals surface area contributed by atoms with Crippen LogP contribution in [0.1, 0.15) is 6.42 Å². The molecule has 0 radical (unpaired) electrons. The minimum atomic E-state index is -0.226. The lowest BCUT2D eigenvalue weighted by molar-refractivity contribution is -0.00613. The number of rotatable bonds is 1. The minimum absolute atomic E-state index is 0.124. The Balaban J connectivity index is 2.30. The highest BCUT2D eigenvalue weighted by Crippen LogP contribution is 2.07. The summed E-state index contributed by atoms with van der Waals surface area (Å²) in [7, 11) is 0. The summed E-state index contributed by atoms with van der Waals surface area (Å²) in [6, 6.07) is 0.124. The van der Waals surface area contributed by atoms with Gasteiger partial charge in [-0.15, -0.1) is 0 Å². The lowest BCUT2D eigenvalue weighted by Crippen LogP contribution is -2.43. The average molecular weight is 243 g/mol. The van der Waals surface area contributed by atoms with Gasteiger partial charge in [0.2, 0.25) is 0 Å². The van der Waals surface area contributed by atoms with Crippen LogP contribution in [0.5, 0.6) is 0 Å². The fourth-order valence-electron chi connectivity index (χ4n) is 0.831.